The summed E-state index contributed by atoms with van der Waals surface area (Å²) in [5.74, 6) is 1.50. The highest BCUT2D eigenvalue weighted by molar-refractivity contribution is 14.1. The van der Waals surface area contributed by atoms with E-state index in [9.17, 15) is 9.59 Å². The van der Waals surface area contributed by atoms with Crippen LogP contribution >= 0.6 is 22.6 Å². The highest BCUT2D eigenvalue weighted by atomic mass is 127. The summed E-state index contributed by atoms with van der Waals surface area (Å²) in [5, 5.41) is 0.0538. The number of rotatable bonds is 21. The SMILES string of the molecule is C.C=C1C[C@H](CCC=O)O[C@H]1CC[C@H]1C[C@H](C)C(=C)[C@@H](C[C@@H]2O[C@H](C[C@H](C)CC)[C@H](C)[C@H]2CC(=O)C[C@H]2CC[C@@H]3O[C@@H]([C@H](/C=C/I)O[Si](C)(C)C(C)(C)C)[C@@H](O[Si](C)(C)C(C)(C)C)[C@@H](C)[C@H]3O2)O1. The smallest absolute Gasteiger partial charge is 0.193 e. The summed E-state index contributed by atoms with van der Waals surface area (Å²) in [6.07, 6.45) is 12.1. The number of hydrogen-bond donors (Lipinski definition) is 0. The van der Waals surface area contributed by atoms with Crippen molar-refractivity contribution >= 4 is 51.3 Å². The lowest BCUT2D eigenvalue weighted by Crippen LogP contribution is -2.64. The van der Waals surface area contributed by atoms with Crippen LogP contribution in [0.5, 0.6) is 0 Å². The van der Waals surface area contributed by atoms with E-state index >= 15 is 0 Å². The van der Waals surface area contributed by atoms with Gasteiger partial charge in [0.2, 0.25) is 0 Å². The number of Topliss-reactive ketones (excluding diaryl/α,β-unsaturated/α-hetero) is 1. The normalized spacial score (nSPS) is 36.1. The number of ether oxygens (including phenoxy) is 5. The van der Waals surface area contributed by atoms with Gasteiger partial charge in [-0.05, 0) is 133 Å². The van der Waals surface area contributed by atoms with Crippen molar-refractivity contribution in [1.82, 2.24) is 0 Å². The van der Waals surface area contributed by atoms with Crippen molar-refractivity contribution in [1.29, 1.82) is 0 Å². The van der Waals surface area contributed by atoms with E-state index in [2.05, 4.69) is 148 Å². The molecule has 392 valence electrons. The molecule has 5 aliphatic heterocycles. The third-order valence-electron chi connectivity index (χ3n) is 17.7. The average molecular weight is 1100 g/mol. The van der Waals surface area contributed by atoms with E-state index in [4.69, 9.17) is 32.5 Å². The molecule has 0 aromatic rings. The predicted octanol–water partition coefficient (Wildman–Crippen LogP) is 14.3. The zero-order chi connectivity index (χ0) is 49.8. The van der Waals surface area contributed by atoms with Crippen LogP contribution in [-0.4, -0.2) is 102 Å². The quantitative estimate of drug-likeness (QED) is 0.0482. The molecular weight excluding hydrogens is 1000 g/mol. The van der Waals surface area contributed by atoms with Crippen molar-refractivity contribution in [3.63, 3.8) is 0 Å². The molecule has 0 radical (unpaired) electrons. The Morgan fingerprint density at radius 1 is 0.838 bits per heavy atom. The minimum atomic E-state index is -2.24. The summed E-state index contributed by atoms with van der Waals surface area (Å²) < 4.78 is 51.1. The van der Waals surface area contributed by atoms with Gasteiger partial charge in [0, 0.05) is 31.6 Å². The van der Waals surface area contributed by atoms with Crippen LogP contribution < -0.4 is 0 Å². The molecule has 5 heterocycles. The largest absolute Gasteiger partial charge is 0.411 e. The maximum absolute atomic E-state index is 14.5. The highest BCUT2D eigenvalue weighted by Crippen LogP contribution is 2.47. The van der Waals surface area contributed by atoms with Gasteiger partial charge in [-0.2, -0.15) is 0 Å². The van der Waals surface area contributed by atoms with Gasteiger partial charge in [0.1, 0.15) is 18.2 Å². The molecular formula is C56H99IO9Si2. The van der Waals surface area contributed by atoms with E-state index in [-0.39, 0.29) is 114 Å². The number of halogens is 1. The lowest BCUT2D eigenvalue weighted by atomic mass is 9.78. The molecule has 0 unspecified atom stereocenters. The molecule has 0 aromatic carbocycles. The fourth-order valence-electron chi connectivity index (χ4n) is 10.9. The van der Waals surface area contributed by atoms with Crippen molar-refractivity contribution in [2.24, 2.45) is 29.6 Å². The van der Waals surface area contributed by atoms with E-state index in [1.807, 2.05) is 0 Å². The summed E-state index contributed by atoms with van der Waals surface area (Å²) in [7, 11) is -4.41. The van der Waals surface area contributed by atoms with Crippen molar-refractivity contribution in [3.8, 4) is 0 Å². The molecule has 0 spiro atoms. The van der Waals surface area contributed by atoms with E-state index < -0.39 is 16.6 Å². The second-order valence-electron chi connectivity index (χ2n) is 24.9. The third-order valence-corrected chi connectivity index (χ3v) is 27.1. The first-order chi connectivity index (χ1) is 31.2. The molecule has 17 atom stereocenters. The van der Waals surface area contributed by atoms with Crippen molar-refractivity contribution in [2.45, 2.75) is 277 Å². The Bertz CT molecular complexity index is 1690. The summed E-state index contributed by atoms with van der Waals surface area (Å²) in [6.45, 7) is 43.3. The molecule has 12 heteroatoms. The van der Waals surface area contributed by atoms with Gasteiger partial charge >= 0.3 is 0 Å². The monoisotopic (exact) mass is 1100 g/mol. The third kappa shape index (κ3) is 15.0. The average Bonchev–Trinajstić information content (AvgIpc) is 3.73. The summed E-state index contributed by atoms with van der Waals surface area (Å²) in [4.78, 5) is 25.4. The van der Waals surface area contributed by atoms with Crippen LogP contribution in [0.15, 0.2) is 34.5 Å². The summed E-state index contributed by atoms with van der Waals surface area (Å²) in [5.41, 5.74) is 2.26. The Morgan fingerprint density at radius 3 is 2.12 bits per heavy atom. The molecule has 0 bridgehead atoms. The lowest BCUT2D eigenvalue weighted by Gasteiger charge is -2.54. The Morgan fingerprint density at radius 2 is 1.50 bits per heavy atom. The van der Waals surface area contributed by atoms with E-state index in [0.717, 1.165) is 75.2 Å². The van der Waals surface area contributed by atoms with Crippen LogP contribution in [0, 0.1) is 29.6 Å². The zero-order valence-corrected chi connectivity index (χ0v) is 48.9. The molecule has 0 saturated carbocycles. The van der Waals surface area contributed by atoms with Crippen molar-refractivity contribution in [2.75, 3.05) is 0 Å². The minimum Gasteiger partial charge on any atom is -0.411 e. The Labute approximate surface area is 431 Å². The van der Waals surface area contributed by atoms with Gasteiger partial charge in [-0.3, -0.25) is 4.79 Å². The highest BCUT2D eigenvalue weighted by Gasteiger charge is 2.54. The van der Waals surface area contributed by atoms with Gasteiger partial charge in [0.05, 0.1) is 67.1 Å². The van der Waals surface area contributed by atoms with Gasteiger partial charge in [-0.25, -0.2) is 0 Å². The fraction of sp³-hybridized carbons (Fsp3) is 0.857. The van der Waals surface area contributed by atoms with Gasteiger partial charge in [-0.15, -0.1) is 0 Å². The molecule has 0 N–H and O–H groups in total. The van der Waals surface area contributed by atoms with Crippen LogP contribution in [0.4, 0.5) is 0 Å². The molecule has 5 fully saturated rings. The molecule has 5 saturated heterocycles. The Balaban J connectivity index is 0.0000101. The molecule has 5 aliphatic rings. The van der Waals surface area contributed by atoms with Gasteiger partial charge in [0.15, 0.2) is 16.6 Å². The molecule has 0 aromatic heterocycles. The van der Waals surface area contributed by atoms with E-state index in [1.165, 1.54) is 0 Å². The fourth-order valence-corrected chi connectivity index (χ4v) is 13.9. The molecule has 9 nitrogen and oxygen atoms in total. The minimum absolute atomic E-state index is 0. The summed E-state index contributed by atoms with van der Waals surface area (Å²) >= 11 is 2.31. The topological polar surface area (TPSA) is 98.8 Å². The second kappa shape index (κ2) is 25.1. The van der Waals surface area contributed by atoms with Crippen LogP contribution in [0.3, 0.4) is 0 Å². The van der Waals surface area contributed by atoms with E-state index in [0.29, 0.717) is 37.5 Å². The van der Waals surface area contributed by atoms with Crippen molar-refractivity contribution < 1.29 is 42.1 Å². The molecule has 0 amide bonds. The van der Waals surface area contributed by atoms with Crippen LogP contribution in [0.2, 0.25) is 36.3 Å². The van der Waals surface area contributed by atoms with Gasteiger partial charge < -0.3 is 37.3 Å². The van der Waals surface area contributed by atoms with E-state index in [1.54, 1.807) is 0 Å². The van der Waals surface area contributed by atoms with Crippen LogP contribution in [-0.2, 0) is 42.1 Å². The number of ketones is 1. The first-order valence-corrected chi connectivity index (χ1v) is 33.5. The summed E-state index contributed by atoms with van der Waals surface area (Å²) in [6, 6.07) is 0. The second-order valence-corrected chi connectivity index (χ2v) is 35.1. The molecule has 0 aliphatic carbocycles. The predicted molar refractivity (Wildman–Crippen MR) is 293 cm³/mol. The number of fused-ring (bicyclic) bond motifs is 1. The standard InChI is InChI=1S/C55H95IO9Si2.CH4/c1-18-34(2)28-48-38(6)44(50(62-48)33-49-37(5)35(3)29-42(60-49)21-23-45-36(4)30-41(59-45)20-19-27-57)32-40(58)31-43-22-24-46-51(61-43)39(7)52(65-67(16,17)55(11,12)13)53(63-46)47(25-26-56)64-66(14,15)54(8,9)10;/h25-27,34-35,38-39,41-53H,4-5,18-24,28-33H2,1-3,6-17H3;1H4/b26-25+;/t34-,35+,38-,39+,41+,42+,43-,44-,45+,46+,47+,48-,49-,50+,51-,52+,53+;/m1./s1. The number of hydrogen-bond acceptors (Lipinski definition) is 9. The van der Waals surface area contributed by atoms with Gasteiger partial charge in [0.25, 0.3) is 0 Å². The maximum atomic E-state index is 14.5. The molecule has 5 rings (SSSR count). The van der Waals surface area contributed by atoms with Crippen LogP contribution in [0.25, 0.3) is 0 Å². The number of carbonyl (C=O) groups is 2. The van der Waals surface area contributed by atoms with Crippen LogP contribution in [0.1, 0.15) is 167 Å². The molecule has 68 heavy (non-hydrogen) atoms. The number of aldehydes is 1. The maximum Gasteiger partial charge on any atom is 0.193 e. The first kappa shape index (κ1) is 60.0. The number of carbonyl (C=O) groups excluding carboxylic acids is 2. The first-order valence-electron chi connectivity index (χ1n) is 26.4. The van der Waals surface area contributed by atoms with Gasteiger partial charge in [-0.1, -0.05) is 126 Å². The van der Waals surface area contributed by atoms with Crippen molar-refractivity contribution in [3.05, 3.63) is 34.5 Å². The lowest BCUT2D eigenvalue weighted by molar-refractivity contribution is -0.251. The Kier molecular flexibility index (Phi) is 22.2. The Hall–Kier alpha value is -0.556. The zero-order valence-electron chi connectivity index (χ0n) is 44.7.